The Balaban J connectivity index is 1.43. The molecule has 2 saturated heterocycles. The Kier molecular flexibility index (Phi) is 12.0. The lowest BCUT2D eigenvalue weighted by atomic mass is 9.87. The molecular formula is C28H48N6O2. The molecule has 36 heavy (non-hydrogen) atoms. The number of anilines is 2. The van der Waals surface area contributed by atoms with E-state index >= 15 is 0 Å². The highest BCUT2D eigenvalue weighted by atomic mass is 16.2. The highest BCUT2D eigenvalue weighted by Crippen LogP contribution is 2.29. The number of carbonyl (C=O) groups is 2. The van der Waals surface area contributed by atoms with Crippen LogP contribution < -0.4 is 26.2 Å². The monoisotopic (exact) mass is 500 g/mol. The van der Waals surface area contributed by atoms with Crippen LogP contribution in [0.3, 0.4) is 0 Å². The maximum atomic E-state index is 11.5. The third-order valence-electron chi connectivity index (χ3n) is 8.08. The number of amides is 2. The van der Waals surface area contributed by atoms with Crippen LogP contribution in [-0.2, 0) is 9.59 Å². The third-order valence-corrected chi connectivity index (χ3v) is 8.08. The standard InChI is InChI=1S/C28H48N6O2/c1-30-15-9-24(21-32-16-12-25(29)13-17-32)4-3-23-10-18-33(19-11-23)26-5-7-27(8-6-26)34(22-35)20-14-28(36)31-2/h5-8,22-25,30H,3-4,9-21,29H2,1-2H3,(H,31,36). The quantitative estimate of drug-likeness (QED) is 0.340. The first-order valence-corrected chi connectivity index (χ1v) is 13.9. The van der Waals surface area contributed by atoms with Gasteiger partial charge < -0.3 is 31.1 Å². The molecule has 1 atom stereocenters. The summed E-state index contributed by atoms with van der Waals surface area (Å²) < 4.78 is 0. The Morgan fingerprint density at radius 3 is 2.39 bits per heavy atom. The van der Waals surface area contributed by atoms with E-state index in [0.717, 1.165) is 69.5 Å². The maximum Gasteiger partial charge on any atom is 0.221 e. The van der Waals surface area contributed by atoms with Crippen molar-refractivity contribution in [2.45, 2.75) is 57.4 Å². The fraction of sp³-hybridized carbons (Fsp3) is 0.714. The van der Waals surface area contributed by atoms with Gasteiger partial charge >= 0.3 is 0 Å². The summed E-state index contributed by atoms with van der Waals surface area (Å²) in [6, 6.07) is 8.57. The molecule has 8 nitrogen and oxygen atoms in total. The number of hydrogen-bond donors (Lipinski definition) is 3. The van der Waals surface area contributed by atoms with Gasteiger partial charge in [0, 0.05) is 57.1 Å². The second-order valence-electron chi connectivity index (χ2n) is 10.6. The van der Waals surface area contributed by atoms with E-state index in [1.54, 1.807) is 11.9 Å². The highest BCUT2D eigenvalue weighted by molar-refractivity contribution is 5.80. The first-order valence-electron chi connectivity index (χ1n) is 13.9. The molecule has 2 amide bonds. The Labute approximate surface area is 217 Å². The van der Waals surface area contributed by atoms with E-state index in [1.165, 1.54) is 44.3 Å². The molecule has 1 aromatic rings. The zero-order valence-corrected chi connectivity index (χ0v) is 22.5. The molecule has 4 N–H and O–H groups in total. The van der Waals surface area contributed by atoms with Crippen molar-refractivity contribution in [1.29, 1.82) is 0 Å². The number of hydrogen-bond acceptors (Lipinski definition) is 6. The minimum atomic E-state index is -0.0640. The molecule has 0 aromatic heterocycles. The molecule has 0 saturated carbocycles. The lowest BCUT2D eigenvalue weighted by Gasteiger charge is -2.36. The molecule has 0 bridgehead atoms. The zero-order valence-electron chi connectivity index (χ0n) is 22.5. The minimum absolute atomic E-state index is 0.0640. The summed E-state index contributed by atoms with van der Waals surface area (Å²) >= 11 is 0. The molecule has 0 radical (unpaired) electrons. The SMILES string of the molecule is CNCCC(CCC1CCN(c2ccc(N(C=O)CCC(=O)NC)cc2)CC1)CN1CCC(N)CC1. The predicted octanol–water partition coefficient (Wildman–Crippen LogP) is 2.43. The molecule has 2 aliphatic rings. The van der Waals surface area contributed by atoms with Crippen molar-refractivity contribution in [3.8, 4) is 0 Å². The van der Waals surface area contributed by atoms with Gasteiger partial charge in [0.2, 0.25) is 12.3 Å². The lowest BCUT2D eigenvalue weighted by molar-refractivity contribution is -0.120. The fourth-order valence-electron chi connectivity index (χ4n) is 5.57. The number of nitrogens with zero attached hydrogens (tertiary/aromatic N) is 3. The minimum Gasteiger partial charge on any atom is -0.372 e. The molecule has 202 valence electrons. The highest BCUT2D eigenvalue weighted by Gasteiger charge is 2.23. The average Bonchev–Trinajstić information content (AvgIpc) is 2.92. The summed E-state index contributed by atoms with van der Waals surface area (Å²) in [5.41, 5.74) is 8.14. The van der Waals surface area contributed by atoms with Crippen LogP contribution in [0.15, 0.2) is 24.3 Å². The molecule has 8 heteroatoms. The van der Waals surface area contributed by atoms with E-state index in [9.17, 15) is 9.59 Å². The first-order chi connectivity index (χ1) is 17.5. The molecule has 2 heterocycles. The first kappa shape index (κ1) is 28.4. The molecule has 3 rings (SSSR count). The average molecular weight is 501 g/mol. The molecule has 2 fully saturated rings. The van der Waals surface area contributed by atoms with E-state index in [1.807, 2.05) is 12.1 Å². The number of nitrogens with one attached hydrogen (secondary N) is 2. The van der Waals surface area contributed by atoms with Crippen LogP contribution in [0, 0.1) is 11.8 Å². The summed E-state index contributed by atoms with van der Waals surface area (Å²) in [4.78, 5) is 29.7. The van der Waals surface area contributed by atoms with Crippen LogP contribution in [0.2, 0.25) is 0 Å². The third kappa shape index (κ3) is 9.05. The second-order valence-corrected chi connectivity index (χ2v) is 10.6. The number of nitrogens with two attached hydrogens (primary N) is 1. The summed E-state index contributed by atoms with van der Waals surface area (Å²) in [7, 11) is 3.67. The van der Waals surface area contributed by atoms with Crippen molar-refractivity contribution in [3.63, 3.8) is 0 Å². The van der Waals surface area contributed by atoms with E-state index in [4.69, 9.17) is 5.73 Å². The van der Waals surface area contributed by atoms with Gasteiger partial charge in [-0.1, -0.05) is 6.42 Å². The Morgan fingerprint density at radius 1 is 1.08 bits per heavy atom. The molecular weight excluding hydrogens is 452 g/mol. The second kappa shape index (κ2) is 15.2. The van der Waals surface area contributed by atoms with Crippen LogP contribution in [0.25, 0.3) is 0 Å². The van der Waals surface area contributed by atoms with Gasteiger partial charge in [-0.15, -0.1) is 0 Å². The number of likely N-dealkylation sites (tertiary alicyclic amines) is 1. The van der Waals surface area contributed by atoms with Crippen LogP contribution in [0.5, 0.6) is 0 Å². The normalized spacial score (nSPS) is 18.7. The topological polar surface area (TPSA) is 93.9 Å². The van der Waals surface area contributed by atoms with Crippen LogP contribution in [0.1, 0.15) is 51.4 Å². The molecule has 1 unspecified atom stereocenters. The van der Waals surface area contributed by atoms with Gasteiger partial charge in [0.05, 0.1) is 0 Å². The lowest BCUT2D eigenvalue weighted by Crippen LogP contribution is -2.42. The van der Waals surface area contributed by atoms with Crippen LogP contribution in [-0.4, -0.2) is 83.2 Å². The van der Waals surface area contributed by atoms with E-state index in [2.05, 4.69) is 39.6 Å². The van der Waals surface area contributed by atoms with Gasteiger partial charge in [-0.25, -0.2) is 0 Å². The number of carbonyl (C=O) groups excluding carboxylic acids is 2. The van der Waals surface area contributed by atoms with Gasteiger partial charge in [0.1, 0.15) is 0 Å². The molecule has 0 spiro atoms. The largest absolute Gasteiger partial charge is 0.372 e. The van der Waals surface area contributed by atoms with E-state index < -0.39 is 0 Å². The van der Waals surface area contributed by atoms with Crippen LogP contribution >= 0.6 is 0 Å². The van der Waals surface area contributed by atoms with Crippen molar-refractivity contribution in [2.24, 2.45) is 17.6 Å². The van der Waals surface area contributed by atoms with Crippen molar-refractivity contribution in [2.75, 3.05) is 69.7 Å². The Hall–Kier alpha value is -2.16. The van der Waals surface area contributed by atoms with Gasteiger partial charge in [-0.3, -0.25) is 9.59 Å². The maximum absolute atomic E-state index is 11.5. The molecule has 0 aliphatic carbocycles. The smallest absolute Gasteiger partial charge is 0.221 e. The van der Waals surface area contributed by atoms with Crippen molar-refractivity contribution in [3.05, 3.63) is 24.3 Å². The van der Waals surface area contributed by atoms with Crippen molar-refractivity contribution >= 4 is 23.7 Å². The van der Waals surface area contributed by atoms with Gasteiger partial charge in [0.15, 0.2) is 0 Å². The molecule has 1 aromatic carbocycles. The molecule has 2 aliphatic heterocycles. The summed E-state index contributed by atoms with van der Waals surface area (Å²) in [6.45, 7) is 7.20. The number of piperidine rings is 2. The summed E-state index contributed by atoms with van der Waals surface area (Å²) in [5.74, 6) is 1.51. The summed E-state index contributed by atoms with van der Waals surface area (Å²) in [5, 5.41) is 5.95. The van der Waals surface area contributed by atoms with Gasteiger partial charge in [-0.05, 0) is 101 Å². The van der Waals surface area contributed by atoms with E-state index in [-0.39, 0.29) is 5.91 Å². The number of benzene rings is 1. The van der Waals surface area contributed by atoms with Gasteiger partial charge in [-0.2, -0.15) is 0 Å². The Morgan fingerprint density at radius 2 is 1.78 bits per heavy atom. The van der Waals surface area contributed by atoms with Crippen LogP contribution in [0.4, 0.5) is 11.4 Å². The Bertz CT molecular complexity index is 773. The summed E-state index contributed by atoms with van der Waals surface area (Å²) in [6.07, 6.45) is 9.76. The van der Waals surface area contributed by atoms with Crippen molar-refractivity contribution < 1.29 is 9.59 Å². The zero-order chi connectivity index (χ0) is 25.8. The predicted molar refractivity (Wildman–Crippen MR) is 148 cm³/mol. The van der Waals surface area contributed by atoms with E-state index in [0.29, 0.717) is 19.0 Å². The fourth-order valence-corrected chi connectivity index (χ4v) is 5.57. The van der Waals surface area contributed by atoms with Crippen molar-refractivity contribution in [1.82, 2.24) is 15.5 Å². The van der Waals surface area contributed by atoms with Gasteiger partial charge in [0.25, 0.3) is 0 Å². The number of rotatable bonds is 14.